The Hall–Kier alpha value is -3.38. The summed E-state index contributed by atoms with van der Waals surface area (Å²) in [6, 6.07) is 15.2. The van der Waals surface area contributed by atoms with Crippen molar-refractivity contribution >= 4 is 54.7 Å². The van der Waals surface area contributed by atoms with Crippen molar-refractivity contribution in [2.45, 2.75) is 33.0 Å². The number of anilines is 1. The van der Waals surface area contributed by atoms with Gasteiger partial charge < -0.3 is 14.2 Å². The molecular weight excluding hydrogens is 571 g/mol. The molecule has 3 aromatic rings. The summed E-state index contributed by atoms with van der Waals surface area (Å²) in [4.78, 5) is 24.5. The first-order valence-electron chi connectivity index (χ1n) is 11.0. The molecule has 0 aliphatic rings. The summed E-state index contributed by atoms with van der Waals surface area (Å²) in [6.45, 7) is 3.65. The fourth-order valence-corrected chi connectivity index (χ4v) is 4.70. The maximum Gasteiger partial charge on any atom is 0.422 e. The molecular formula is C25H26BrFN2O7S. The Labute approximate surface area is 222 Å². The highest BCUT2D eigenvalue weighted by atomic mass is 79.9. The zero-order valence-electron chi connectivity index (χ0n) is 20.6. The van der Waals surface area contributed by atoms with Gasteiger partial charge in [-0.2, -0.15) is 8.42 Å². The molecule has 0 bridgehead atoms. The Morgan fingerprint density at radius 3 is 2.38 bits per heavy atom. The van der Waals surface area contributed by atoms with Gasteiger partial charge in [0.25, 0.3) is 0 Å². The molecule has 0 heterocycles. The second-order valence-electron chi connectivity index (χ2n) is 8.87. The molecule has 1 amide bonds. The molecule has 0 saturated heterocycles. The van der Waals surface area contributed by atoms with E-state index in [9.17, 15) is 18.0 Å². The third-order valence-corrected chi connectivity index (χ3v) is 6.68. The van der Waals surface area contributed by atoms with Crippen LogP contribution in [0.1, 0.15) is 26.3 Å². The number of nitrogens with one attached hydrogen (secondary N) is 1. The number of nitrogens with zero attached hydrogens (tertiary/aromatic N) is 1. The molecule has 0 aliphatic carbocycles. The van der Waals surface area contributed by atoms with Crippen LogP contribution in [0.25, 0.3) is 10.8 Å². The minimum absolute atomic E-state index is 0.0269. The van der Waals surface area contributed by atoms with Crippen molar-refractivity contribution in [3.05, 3.63) is 70.5 Å². The normalized spacial score (nSPS) is 11.6. The first kappa shape index (κ1) is 28.2. The number of rotatable bonds is 8. The van der Waals surface area contributed by atoms with E-state index in [1.165, 1.54) is 12.1 Å². The van der Waals surface area contributed by atoms with Crippen LogP contribution in [0.15, 0.2) is 59.1 Å². The Morgan fingerprint density at radius 1 is 1.08 bits per heavy atom. The van der Waals surface area contributed by atoms with E-state index in [2.05, 4.69) is 20.7 Å². The largest absolute Gasteiger partial charge is 0.487 e. The molecule has 3 aromatic carbocycles. The van der Waals surface area contributed by atoms with Crippen LogP contribution in [0.5, 0.6) is 5.75 Å². The van der Waals surface area contributed by atoms with Crippen LogP contribution in [-0.2, 0) is 31.1 Å². The molecule has 0 atom stereocenters. The van der Waals surface area contributed by atoms with Crippen molar-refractivity contribution < 1.29 is 36.6 Å². The van der Waals surface area contributed by atoms with Crippen LogP contribution in [0.3, 0.4) is 0 Å². The molecule has 0 spiro atoms. The lowest BCUT2D eigenvalue weighted by Gasteiger charge is -2.27. The van der Waals surface area contributed by atoms with Crippen LogP contribution >= 0.6 is 15.9 Å². The lowest BCUT2D eigenvalue weighted by molar-refractivity contribution is -0.138. The van der Waals surface area contributed by atoms with Gasteiger partial charge >= 0.3 is 22.3 Å². The second-order valence-corrected chi connectivity index (χ2v) is 11.4. The third kappa shape index (κ3) is 7.32. The summed E-state index contributed by atoms with van der Waals surface area (Å²) in [5, 5.41) is 0.474. The van der Waals surface area contributed by atoms with Gasteiger partial charge in [-0.05, 0) is 49.9 Å². The summed E-state index contributed by atoms with van der Waals surface area (Å²) in [6.07, 6.45) is -1.31. The fraction of sp³-hybridized carbons (Fsp3) is 0.280. The van der Waals surface area contributed by atoms with E-state index < -0.39 is 45.9 Å². The molecule has 0 unspecified atom stereocenters. The molecule has 9 nitrogen and oxygen atoms in total. The summed E-state index contributed by atoms with van der Waals surface area (Å²) >= 11 is 3.28. The minimum atomic E-state index is -4.88. The number of hydrogen-bond acceptors (Lipinski definition) is 7. The molecule has 0 aromatic heterocycles. The number of benzene rings is 3. The Bertz CT molecular complexity index is 1410. The van der Waals surface area contributed by atoms with Gasteiger partial charge in [0.05, 0.1) is 7.11 Å². The SMILES string of the molecule is COC(=O)CN(c1c(OCc2ccccc2)cc2ccc(Br)cc2c1F)S(=O)(=O)NC(=O)OC(C)(C)C. The van der Waals surface area contributed by atoms with Gasteiger partial charge in [-0.1, -0.05) is 52.3 Å². The highest BCUT2D eigenvalue weighted by Gasteiger charge is 2.34. The predicted octanol–water partition coefficient (Wildman–Crippen LogP) is 5.07. The average molecular weight is 597 g/mol. The van der Waals surface area contributed by atoms with Gasteiger partial charge in [0.2, 0.25) is 0 Å². The number of fused-ring (bicyclic) bond motifs is 1. The number of halogens is 2. The third-order valence-electron chi connectivity index (χ3n) is 4.87. The van der Waals surface area contributed by atoms with Crippen LogP contribution in [-0.4, -0.2) is 39.7 Å². The summed E-state index contributed by atoms with van der Waals surface area (Å²) < 4.78 is 60.9. The Morgan fingerprint density at radius 2 is 1.76 bits per heavy atom. The van der Waals surface area contributed by atoms with Crippen molar-refractivity contribution in [3.8, 4) is 5.75 Å². The maximum absolute atomic E-state index is 16.1. The van der Waals surface area contributed by atoms with Gasteiger partial charge in [-0.3, -0.25) is 4.79 Å². The topological polar surface area (TPSA) is 111 Å². The standard InChI is InChI=1S/C25H26BrFN2O7S/c1-25(2,3)36-24(31)28-37(32,33)29(14-21(30)34-4)23-20(35-15-16-8-6-5-7-9-16)12-17-10-11-18(26)13-19(17)22(23)27/h5-13H,14-15H2,1-4H3,(H,28,31). The monoisotopic (exact) mass is 596 g/mol. The van der Waals surface area contributed by atoms with Gasteiger partial charge in [0, 0.05) is 9.86 Å². The van der Waals surface area contributed by atoms with E-state index in [-0.39, 0.29) is 17.7 Å². The van der Waals surface area contributed by atoms with Gasteiger partial charge in [-0.25, -0.2) is 18.2 Å². The fourth-order valence-electron chi connectivity index (χ4n) is 3.29. The molecule has 0 radical (unpaired) electrons. The van der Waals surface area contributed by atoms with Crippen LogP contribution < -0.4 is 13.8 Å². The number of methoxy groups -OCH3 is 1. The number of esters is 1. The molecule has 198 valence electrons. The zero-order valence-corrected chi connectivity index (χ0v) is 23.0. The molecule has 0 aliphatic heterocycles. The van der Waals surface area contributed by atoms with Crippen molar-refractivity contribution in [3.63, 3.8) is 0 Å². The van der Waals surface area contributed by atoms with Crippen LogP contribution in [0, 0.1) is 5.82 Å². The van der Waals surface area contributed by atoms with Crippen molar-refractivity contribution in [1.29, 1.82) is 0 Å². The van der Waals surface area contributed by atoms with Gasteiger partial charge in [0.1, 0.15) is 30.2 Å². The lowest BCUT2D eigenvalue weighted by Crippen LogP contribution is -2.48. The second kappa shape index (κ2) is 11.3. The average Bonchev–Trinajstić information content (AvgIpc) is 2.81. The maximum atomic E-state index is 16.1. The molecule has 0 saturated carbocycles. The number of carbonyl (C=O) groups excluding carboxylic acids is 2. The van der Waals surface area contributed by atoms with E-state index in [4.69, 9.17) is 9.47 Å². The van der Waals surface area contributed by atoms with Crippen molar-refractivity contribution in [2.75, 3.05) is 18.0 Å². The quantitative estimate of drug-likeness (QED) is 0.361. The predicted molar refractivity (Wildman–Crippen MR) is 140 cm³/mol. The number of amides is 1. The van der Waals surface area contributed by atoms with Crippen LogP contribution in [0.2, 0.25) is 0 Å². The molecule has 0 fully saturated rings. The minimum Gasteiger partial charge on any atom is -0.487 e. The molecule has 1 N–H and O–H groups in total. The smallest absolute Gasteiger partial charge is 0.422 e. The summed E-state index contributed by atoms with van der Waals surface area (Å²) in [7, 11) is -3.83. The Kier molecular flexibility index (Phi) is 8.64. The van der Waals surface area contributed by atoms with Crippen LogP contribution in [0.4, 0.5) is 14.9 Å². The van der Waals surface area contributed by atoms with E-state index in [0.717, 1.165) is 12.7 Å². The van der Waals surface area contributed by atoms with E-state index in [0.29, 0.717) is 14.2 Å². The van der Waals surface area contributed by atoms with Gasteiger partial charge in [0.15, 0.2) is 5.82 Å². The number of hydrogen-bond donors (Lipinski definition) is 1. The van der Waals surface area contributed by atoms with E-state index >= 15 is 4.39 Å². The Balaban J connectivity index is 2.17. The van der Waals surface area contributed by atoms with Gasteiger partial charge in [-0.15, -0.1) is 0 Å². The molecule has 3 rings (SSSR count). The van der Waals surface area contributed by atoms with Crippen molar-refractivity contribution in [1.82, 2.24) is 4.72 Å². The summed E-state index contributed by atoms with van der Waals surface area (Å²) in [5.74, 6) is -2.16. The van der Waals surface area contributed by atoms with Crippen molar-refractivity contribution in [2.24, 2.45) is 0 Å². The first-order valence-corrected chi connectivity index (χ1v) is 13.2. The molecule has 12 heteroatoms. The number of ether oxygens (including phenoxy) is 3. The van der Waals surface area contributed by atoms with E-state index in [1.807, 2.05) is 6.07 Å². The number of carbonyl (C=O) groups is 2. The van der Waals surface area contributed by atoms with E-state index in [1.54, 1.807) is 61.9 Å². The molecule has 37 heavy (non-hydrogen) atoms. The first-order chi connectivity index (χ1) is 17.3. The lowest BCUT2D eigenvalue weighted by atomic mass is 10.1. The summed E-state index contributed by atoms with van der Waals surface area (Å²) in [5.41, 5.74) is -0.862. The highest BCUT2D eigenvalue weighted by molar-refractivity contribution is 9.10. The highest BCUT2D eigenvalue weighted by Crippen LogP contribution is 2.39. The zero-order chi connectivity index (χ0) is 27.4.